The second kappa shape index (κ2) is 6.84. The van der Waals surface area contributed by atoms with E-state index in [0.717, 1.165) is 11.6 Å². The van der Waals surface area contributed by atoms with Crippen LogP contribution in [0.25, 0.3) is 0 Å². The van der Waals surface area contributed by atoms with Gasteiger partial charge < -0.3 is 15.6 Å². The van der Waals surface area contributed by atoms with Crippen LogP contribution >= 0.6 is 0 Å². The molecule has 24 heavy (non-hydrogen) atoms. The molecule has 2 aromatic carbocycles. The molecule has 2 aromatic rings. The van der Waals surface area contributed by atoms with Crippen molar-refractivity contribution in [3.63, 3.8) is 0 Å². The molecule has 0 atom stereocenters. The van der Waals surface area contributed by atoms with Crippen LogP contribution in [0.1, 0.15) is 44.3 Å². The number of aryl methyl sites for hydroxylation is 1. The number of phenols is 1. The SMILES string of the molecule is CCOC(=O)c1cc(C(=O)c2ccc(C)cc2)c(O)c(C#N)c1N. The lowest BCUT2D eigenvalue weighted by molar-refractivity contribution is 0.0527. The molecule has 3 N–H and O–H groups in total. The Bertz CT molecular complexity index is 849. The van der Waals surface area contributed by atoms with E-state index in [2.05, 4.69) is 0 Å². The summed E-state index contributed by atoms with van der Waals surface area (Å²) in [5.74, 6) is -1.83. The minimum Gasteiger partial charge on any atom is -0.506 e. The second-order valence-corrected chi connectivity index (χ2v) is 5.14. The Hall–Kier alpha value is -3.33. The van der Waals surface area contributed by atoms with E-state index < -0.39 is 17.5 Å². The molecule has 0 saturated heterocycles. The van der Waals surface area contributed by atoms with Crippen LogP contribution < -0.4 is 5.73 Å². The molecule has 2 rings (SSSR count). The van der Waals surface area contributed by atoms with Crippen LogP contribution in [0.5, 0.6) is 5.75 Å². The molecular weight excluding hydrogens is 308 g/mol. The zero-order valence-corrected chi connectivity index (χ0v) is 13.3. The Labute approximate surface area is 139 Å². The van der Waals surface area contributed by atoms with E-state index in [-0.39, 0.29) is 29.0 Å². The summed E-state index contributed by atoms with van der Waals surface area (Å²) in [7, 11) is 0. The van der Waals surface area contributed by atoms with E-state index in [1.54, 1.807) is 37.3 Å². The lowest BCUT2D eigenvalue weighted by Gasteiger charge is -2.12. The van der Waals surface area contributed by atoms with E-state index in [4.69, 9.17) is 10.5 Å². The van der Waals surface area contributed by atoms with Crippen LogP contribution in [0.4, 0.5) is 5.69 Å². The Balaban J connectivity index is 2.63. The number of hydrogen-bond acceptors (Lipinski definition) is 6. The first-order valence-electron chi connectivity index (χ1n) is 7.24. The molecule has 6 nitrogen and oxygen atoms in total. The van der Waals surface area contributed by atoms with E-state index in [9.17, 15) is 20.0 Å². The first-order valence-corrected chi connectivity index (χ1v) is 7.24. The van der Waals surface area contributed by atoms with Crippen LogP contribution in [0, 0.1) is 18.3 Å². The highest BCUT2D eigenvalue weighted by molar-refractivity contribution is 6.13. The normalized spacial score (nSPS) is 10.0. The van der Waals surface area contributed by atoms with Crippen LogP contribution in [0.15, 0.2) is 30.3 Å². The van der Waals surface area contributed by atoms with Crippen molar-refractivity contribution < 1.29 is 19.4 Å². The fourth-order valence-corrected chi connectivity index (χ4v) is 2.21. The molecule has 0 aliphatic rings. The molecule has 0 spiro atoms. The average molecular weight is 324 g/mol. The summed E-state index contributed by atoms with van der Waals surface area (Å²) in [5.41, 5.74) is 6.21. The number of aromatic hydroxyl groups is 1. The summed E-state index contributed by atoms with van der Waals surface area (Å²) in [6, 6.07) is 9.58. The van der Waals surface area contributed by atoms with Gasteiger partial charge in [0.2, 0.25) is 0 Å². The Kier molecular flexibility index (Phi) is 4.85. The van der Waals surface area contributed by atoms with Gasteiger partial charge in [-0.1, -0.05) is 29.8 Å². The van der Waals surface area contributed by atoms with Gasteiger partial charge in [-0.3, -0.25) is 4.79 Å². The largest absolute Gasteiger partial charge is 0.506 e. The summed E-state index contributed by atoms with van der Waals surface area (Å²) < 4.78 is 4.88. The standard InChI is InChI=1S/C18H16N2O4/c1-3-24-18(23)12-8-13(17(22)14(9-19)15(12)20)16(21)11-6-4-10(2)5-7-11/h4-8,22H,3,20H2,1-2H3. The number of carbonyl (C=O) groups excluding carboxylic acids is 2. The van der Waals surface area contributed by atoms with Crippen molar-refractivity contribution in [2.45, 2.75) is 13.8 Å². The molecule has 0 radical (unpaired) electrons. The van der Waals surface area contributed by atoms with Crippen molar-refractivity contribution in [1.29, 1.82) is 5.26 Å². The number of hydrogen-bond donors (Lipinski definition) is 2. The van der Waals surface area contributed by atoms with Gasteiger partial charge in [0, 0.05) is 5.56 Å². The van der Waals surface area contributed by atoms with Crippen molar-refractivity contribution in [1.82, 2.24) is 0 Å². The summed E-state index contributed by atoms with van der Waals surface area (Å²) in [4.78, 5) is 24.6. The number of carbonyl (C=O) groups is 2. The van der Waals surface area contributed by atoms with Gasteiger partial charge in [-0.25, -0.2) is 4.79 Å². The maximum Gasteiger partial charge on any atom is 0.340 e. The number of rotatable bonds is 4. The molecule has 0 fully saturated rings. The predicted molar refractivity (Wildman–Crippen MR) is 87.8 cm³/mol. The second-order valence-electron chi connectivity index (χ2n) is 5.14. The summed E-state index contributed by atoms with van der Waals surface area (Å²) in [6.07, 6.45) is 0. The van der Waals surface area contributed by atoms with Crippen LogP contribution in [-0.2, 0) is 4.74 Å². The molecule has 0 aliphatic carbocycles. The molecule has 0 amide bonds. The van der Waals surface area contributed by atoms with Crippen molar-refractivity contribution in [2.24, 2.45) is 0 Å². The van der Waals surface area contributed by atoms with Gasteiger partial charge in [0.15, 0.2) is 5.78 Å². The maximum absolute atomic E-state index is 12.6. The maximum atomic E-state index is 12.6. The molecular formula is C18H16N2O4. The van der Waals surface area contributed by atoms with Gasteiger partial charge in [-0.15, -0.1) is 0 Å². The zero-order chi connectivity index (χ0) is 17.9. The van der Waals surface area contributed by atoms with E-state index >= 15 is 0 Å². The number of nitrogen functional groups attached to an aromatic ring is 1. The summed E-state index contributed by atoms with van der Waals surface area (Å²) in [6.45, 7) is 3.61. The number of nitrogens with zero attached hydrogens (tertiary/aromatic N) is 1. The minimum atomic E-state index is -0.760. The number of ketones is 1. The third-order valence-electron chi connectivity index (χ3n) is 3.51. The third-order valence-corrected chi connectivity index (χ3v) is 3.51. The van der Waals surface area contributed by atoms with Gasteiger partial charge in [-0.2, -0.15) is 5.26 Å². The fourth-order valence-electron chi connectivity index (χ4n) is 2.21. The van der Waals surface area contributed by atoms with Crippen molar-refractivity contribution >= 4 is 17.4 Å². The van der Waals surface area contributed by atoms with Gasteiger partial charge in [0.25, 0.3) is 0 Å². The number of nitrogens with two attached hydrogens (primary N) is 1. The lowest BCUT2D eigenvalue weighted by Crippen LogP contribution is -2.12. The molecule has 0 saturated carbocycles. The van der Waals surface area contributed by atoms with Crippen LogP contribution in [-0.4, -0.2) is 23.5 Å². The van der Waals surface area contributed by atoms with Crippen molar-refractivity contribution in [2.75, 3.05) is 12.3 Å². The summed E-state index contributed by atoms with van der Waals surface area (Å²) in [5, 5.41) is 19.4. The number of benzene rings is 2. The molecule has 0 unspecified atom stereocenters. The predicted octanol–water partition coefficient (Wildman–Crippen LogP) is 2.56. The smallest absolute Gasteiger partial charge is 0.340 e. The minimum absolute atomic E-state index is 0.113. The number of anilines is 1. The van der Waals surface area contributed by atoms with Gasteiger partial charge in [0.1, 0.15) is 17.4 Å². The molecule has 0 aliphatic heterocycles. The lowest BCUT2D eigenvalue weighted by atomic mass is 9.95. The monoisotopic (exact) mass is 324 g/mol. The number of esters is 1. The first kappa shape index (κ1) is 17.0. The Morgan fingerprint density at radius 2 is 1.88 bits per heavy atom. The molecule has 0 heterocycles. The van der Waals surface area contributed by atoms with E-state index in [1.807, 2.05) is 6.92 Å². The molecule has 0 bridgehead atoms. The number of phenolic OH excluding ortho intramolecular Hbond substituents is 1. The third kappa shape index (κ3) is 3.06. The highest BCUT2D eigenvalue weighted by Crippen LogP contribution is 2.32. The molecule has 122 valence electrons. The van der Waals surface area contributed by atoms with Gasteiger partial charge in [-0.05, 0) is 19.9 Å². The number of ether oxygens (including phenoxy) is 1. The topological polar surface area (TPSA) is 113 Å². The van der Waals surface area contributed by atoms with E-state index in [0.29, 0.717) is 5.56 Å². The van der Waals surface area contributed by atoms with Crippen molar-refractivity contribution in [3.05, 3.63) is 58.1 Å². The zero-order valence-electron chi connectivity index (χ0n) is 13.3. The Morgan fingerprint density at radius 3 is 2.42 bits per heavy atom. The Morgan fingerprint density at radius 1 is 1.25 bits per heavy atom. The van der Waals surface area contributed by atoms with E-state index in [1.165, 1.54) is 0 Å². The van der Waals surface area contributed by atoms with Crippen molar-refractivity contribution in [3.8, 4) is 11.8 Å². The van der Waals surface area contributed by atoms with Gasteiger partial charge >= 0.3 is 5.97 Å². The first-order chi connectivity index (χ1) is 11.4. The van der Waals surface area contributed by atoms with Gasteiger partial charge in [0.05, 0.1) is 23.4 Å². The fraction of sp³-hybridized carbons (Fsp3) is 0.167. The van der Waals surface area contributed by atoms with Crippen LogP contribution in [0.2, 0.25) is 0 Å². The summed E-state index contributed by atoms with van der Waals surface area (Å²) >= 11 is 0. The number of nitriles is 1. The highest BCUT2D eigenvalue weighted by atomic mass is 16.5. The quantitative estimate of drug-likeness (QED) is 0.507. The molecule has 6 heteroatoms. The van der Waals surface area contributed by atoms with Crippen LogP contribution in [0.3, 0.4) is 0 Å². The average Bonchev–Trinajstić information content (AvgIpc) is 2.56. The molecule has 0 aromatic heterocycles. The highest BCUT2D eigenvalue weighted by Gasteiger charge is 2.24.